The minimum absolute atomic E-state index is 0.872. The van der Waals surface area contributed by atoms with Crippen LogP contribution < -0.4 is 5.73 Å². The molecule has 0 heterocycles. The summed E-state index contributed by atoms with van der Waals surface area (Å²) in [7, 11) is 0. The van der Waals surface area contributed by atoms with Gasteiger partial charge in [0.15, 0.2) is 0 Å². The molecule has 0 aliphatic carbocycles. The van der Waals surface area contributed by atoms with E-state index >= 15 is 0 Å². The molecule has 1 radical (unpaired) electrons. The second-order valence-corrected chi connectivity index (χ2v) is 3.21. The first-order chi connectivity index (χ1) is 6.29. The maximum Gasteiger partial charge on any atom is 0.0609 e. The van der Waals surface area contributed by atoms with Gasteiger partial charge in [-0.2, -0.15) is 0 Å². The lowest BCUT2D eigenvalue weighted by Crippen LogP contribution is -2.06. The minimum Gasteiger partial charge on any atom is -0.320 e. The number of fused-ring (bicyclic) bond motifs is 1. The summed E-state index contributed by atoms with van der Waals surface area (Å²) in [5.41, 5.74) is 6.93. The predicted octanol–water partition coefficient (Wildman–Crippen LogP) is 2.70. The van der Waals surface area contributed by atoms with Gasteiger partial charge in [-0.3, -0.25) is 0 Å². The van der Waals surface area contributed by atoms with E-state index in [1.807, 2.05) is 25.1 Å². The van der Waals surface area contributed by atoms with Crippen molar-refractivity contribution in [2.24, 2.45) is 5.73 Å². The van der Waals surface area contributed by atoms with E-state index in [9.17, 15) is 0 Å². The van der Waals surface area contributed by atoms with E-state index in [1.165, 1.54) is 10.8 Å². The highest BCUT2D eigenvalue weighted by Crippen LogP contribution is 2.21. The molecule has 1 nitrogen and oxygen atoms in total. The molecule has 2 N–H and O–H groups in total. The number of benzene rings is 2. The van der Waals surface area contributed by atoms with E-state index in [2.05, 4.69) is 24.3 Å². The average Bonchev–Trinajstić information content (AvgIpc) is 2.17. The minimum atomic E-state index is 0.872. The molecule has 0 bridgehead atoms. The zero-order chi connectivity index (χ0) is 9.26. The Bertz CT molecular complexity index is 413. The summed E-state index contributed by atoms with van der Waals surface area (Å²) in [6.45, 7) is 1.93. The molecule has 0 aliphatic heterocycles. The summed E-state index contributed by atoms with van der Waals surface area (Å²) in [6.07, 6.45) is 0. The second-order valence-electron chi connectivity index (χ2n) is 3.21. The monoisotopic (exact) mass is 170 g/mol. The SMILES string of the molecule is C[C](N)c1cccc2ccccc12. The summed E-state index contributed by atoms with van der Waals surface area (Å²) >= 11 is 0. The van der Waals surface area contributed by atoms with Crippen molar-refractivity contribution in [2.75, 3.05) is 0 Å². The first kappa shape index (κ1) is 8.27. The van der Waals surface area contributed by atoms with Crippen molar-refractivity contribution >= 4 is 10.8 Å². The third-order valence-electron chi connectivity index (χ3n) is 2.21. The van der Waals surface area contributed by atoms with Crippen LogP contribution in [-0.4, -0.2) is 0 Å². The van der Waals surface area contributed by atoms with Crippen molar-refractivity contribution in [1.29, 1.82) is 0 Å². The molecule has 0 spiro atoms. The molecule has 2 aromatic rings. The summed E-state index contributed by atoms with van der Waals surface area (Å²) in [5.74, 6) is 0. The molecule has 13 heavy (non-hydrogen) atoms. The maximum absolute atomic E-state index is 5.80. The van der Waals surface area contributed by atoms with Gasteiger partial charge in [0.25, 0.3) is 0 Å². The Balaban J connectivity index is 2.76. The summed E-state index contributed by atoms with van der Waals surface area (Å²) in [4.78, 5) is 0. The Hall–Kier alpha value is -1.34. The molecule has 0 saturated carbocycles. The number of nitrogens with two attached hydrogens (primary N) is 1. The van der Waals surface area contributed by atoms with Crippen molar-refractivity contribution < 1.29 is 0 Å². The first-order valence-electron chi connectivity index (χ1n) is 4.36. The highest BCUT2D eigenvalue weighted by molar-refractivity contribution is 5.87. The van der Waals surface area contributed by atoms with Crippen LogP contribution in [0.1, 0.15) is 12.5 Å². The quantitative estimate of drug-likeness (QED) is 0.699. The highest BCUT2D eigenvalue weighted by Gasteiger charge is 2.03. The van der Waals surface area contributed by atoms with Gasteiger partial charge < -0.3 is 5.73 Å². The molecule has 0 saturated heterocycles. The van der Waals surface area contributed by atoms with Gasteiger partial charge in [-0.1, -0.05) is 42.5 Å². The van der Waals surface area contributed by atoms with Gasteiger partial charge in [-0.25, -0.2) is 0 Å². The van der Waals surface area contributed by atoms with Crippen LogP contribution in [0.4, 0.5) is 0 Å². The molecule has 2 aromatic carbocycles. The summed E-state index contributed by atoms with van der Waals surface area (Å²) < 4.78 is 0. The zero-order valence-electron chi connectivity index (χ0n) is 7.62. The fourth-order valence-electron chi connectivity index (χ4n) is 1.57. The van der Waals surface area contributed by atoms with Crippen molar-refractivity contribution in [1.82, 2.24) is 0 Å². The molecule has 0 amide bonds. The Kier molecular flexibility index (Phi) is 2.03. The zero-order valence-corrected chi connectivity index (χ0v) is 7.62. The van der Waals surface area contributed by atoms with Crippen molar-refractivity contribution in [2.45, 2.75) is 6.92 Å². The summed E-state index contributed by atoms with van der Waals surface area (Å²) in [5, 5.41) is 2.47. The Morgan fingerprint density at radius 1 is 1.00 bits per heavy atom. The standard InChI is InChI=1S/C12H12N/c1-9(13)11-8-4-6-10-5-2-3-7-12(10)11/h2-8H,13H2,1H3. The molecule has 2 rings (SSSR count). The smallest absolute Gasteiger partial charge is 0.0609 e. The van der Waals surface area contributed by atoms with Gasteiger partial charge in [0.1, 0.15) is 0 Å². The lowest BCUT2D eigenvalue weighted by atomic mass is 10.0. The molecule has 0 aromatic heterocycles. The van der Waals surface area contributed by atoms with E-state index in [-0.39, 0.29) is 0 Å². The molecule has 0 unspecified atom stereocenters. The molecule has 65 valence electrons. The third kappa shape index (κ3) is 1.43. The number of rotatable bonds is 1. The third-order valence-corrected chi connectivity index (χ3v) is 2.21. The van der Waals surface area contributed by atoms with Crippen molar-refractivity contribution in [3.8, 4) is 0 Å². The van der Waals surface area contributed by atoms with Gasteiger partial charge in [0.05, 0.1) is 6.04 Å². The summed E-state index contributed by atoms with van der Waals surface area (Å²) in [6, 6.07) is 15.3. The van der Waals surface area contributed by atoms with Crippen LogP contribution in [-0.2, 0) is 0 Å². The van der Waals surface area contributed by atoms with Crippen molar-refractivity contribution in [3.05, 3.63) is 54.1 Å². The van der Waals surface area contributed by atoms with Gasteiger partial charge in [-0.05, 0) is 23.3 Å². The number of hydrogen-bond donors (Lipinski definition) is 1. The van der Waals surface area contributed by atoms with E-state index in [0.29, 0.717) is 0 Å². The lowest BCUT2D eigenvalue weighted by molar-refractivity contribution is 1.11. The van der Waals surface area contributed by atoms with Crippen LogP contribution in [0.3, 0.4) is 0 Å². The molecule has 0 aliphatic rings. The van der Waals surface area contributed by atoms with Crippen LogP contribution in [0.5, 0.6) is 0 Å². The van der Waals surface area contributed by atoms with E-state index in [4.69, 9.17) is 5.73 Å². The van der Waals surface area contributed by atoms with E-state index < -0.39 is 0 Å². The highest BCUT2D eigenvalue weighted by atomic mass is 14.6. The fourth-order valence-corrected chi connectivity index (χ4v) is 1.57. The number of hydrogen-bond acceptors (Lipinski definition) is 1. The van der Waals surface area contributed by atoms with E-state index in [1.54, 1.807) is 0 Å². The van der Waals surface area contributed by atoms with Crippen LogP contribution in [0.25, 0.3) is 10.8 Å². The van der Waals surface area contributed by atoms with Gasteiger partial charge in [-0.15, -0.1) is 0 Å². The molecule has 1 heteroatoms. The normalized spacial score (nSPS) is 11.0. The average molecular weight is 170 g/mol. The largest absolute Gasteiger partial charge is 0.320 e. The Labute approximate surface area is 78.2 Å². The Morgan fingerprint density at radius 2 is 1.69 bits per heavy atom. The van der Waals surface area contributed by atoms with Gasteiger partial charge in [0, 0.05) is 0 Å². The van der Waals surface area contributed by atoms with Crippen LogP contribution >= 0.6 is 0 Å². The van der Waals surface area contributed by atoms with Crippen LogP contribution in [0.2, 0.25) is 0 Å². The fraction of sp³-hybridized carbons (Fsp3) is 0.0833. The van der Waals surface area contributed by atoms with E-state index in [0.717, 1.165) is 11.6 Å². The molecule has 0 fully saturated rings. The Morgan fingerprint density at radius 3 is 2.46 bits per heavy atom. The molecular formula is C12H12N. The van der Waals surface area contributed by atoms with Gasteiger partial charge >= 0.3 is 0 Å². The molecular weight excluding hydrogens is 158 g/mol. The predicted molar refractivity (Wildman–Crippen MR) is 56.2 cm³/mol. The first-order valence-corrected chi connectivity index (χ1v) is 4.36. The van der Waals surface area contributed by atoms with Crippen LogP contribution in [0, 0.1) is 6.04 Å². The van der Waals surface area contributed by atoms with Crippen LogP contribution in [0.15, 0.2) is 42.5 Å². The topological polar surface area (TPSA) is 26.0 Å². The van der Waals surface area contributed by atoms with Crippen molar-refractivity contribution in [3.63, 3.8) is 0 Å². The van der Waals surface area contributed by atoms with Gasteiger partial charge in [0.2, 0.25) is 0 Å². The maximum atomic E-state index is 5.80. The molecule has 0 atom stereocenters. The second kappa shape index (κ2) is 3.19. The lowest BCUT2D eigenvalue weighted by Gasteiger charge is -2.08.